The number of aryl methyl sites for hydroxylation is 4. The van der Waals surface area contributed by atoms with Gasteiger partial charge in [0.15, 0.2) is 0 Å². The summed E-state index contributed by atoms with van der Waals surface area (Å²) in [6.45, 7) is 18.2. The van der Waals surface area contributed by atoms with Crippen LogP contribution in [0.15, 0.2) is 54.6 Å². The number of nitrogens with zero attached hydrogens (tertiary/aromatic N) is 2. The lowest BCUT2D eigenvalue weighted by Gasteiger charge is -2.29. The predicted molar refractivity (Wildman–Crippen MR) is 212 cm³/mol. The van der Waals surface area contributed by atoms with E-state index in [9.17, 15) is 5.11 Å². The number of benzene rings is 2. The third kappa shape index (κ3) is 4.95. The second-order valence-electron chi connectivity index (χ2n) is 13.9. The van der Waals surface area contributed by atoms with Crippen LogP contribution >= 0.6 is 0 Å². The summed E-state index contributed by atoms with van der Waals surface area (Å²) in [7, 11) is 0. The molecule has 5 nitrogen and oxygen atoms in total. The summed E-state index contributed by atoms with van der Waals surface area (Å²) in [4.78, 5) is 19.2. The number of hydrogen-bond donors (Lipinski definition) is 3. The molecule has 2 aliphatic rings. The van der Waals surface area contributed by atoms with E-state index >= 15 is 0 Å². The number of aromatic nitrogens is 4. The highest BCUT2D eigenvalue weighted by Gasteiger charge is 2.41. The van der Waals surface area contributed by atoms with Gasteiger partial charge in [-0.15, -0.1) is 0 Å². The van der Waals surface area contributed by atoms with Gasteiger partial charge in [0.05, 0.1) is 28.1 Å². The average Bonchev–Trinajstić information content (AvgIpc) is 3.87. The first-order valence-electron chi connectivity index (χ1n) is 19.1. The van der Waals surface area contributed by atoms with Gasteiger partial charge in [-0.25, -0.2) is 4.98 Å². The van der Waals surface area contributed by atoms with Gasteiger partial charge in [-0.3, -0.25) is 4.98 Å². The van der Waals surface area contributed by atoms with Gasteiger partial charge in [-0.2, -0.15) is 0 Å². The van der Waals surface area contributed by atoms with Crippen LogP contribution < -0.4 is 0 Å². The molecule has 2 aromatic carbocycles. The molecule has 5 heterocycles. The van der Waals surface area contributed by atoms with E-state index in [4.69, 9.17) is 9.97 Å². The van der Waals surface area contributed by atoms with E-state index in [0.29, 0.717) is 0 Å². The third-order valence-corrected chi connectivity index (χ3v) is 11.8. The van der Waals surface area contributed by atoms with Crippen molar-refractivity contribution in [2.24, 2.45) is 0 Å². The van der Waals surface area contributed by atoms with E-state index in [-0.39, 0.29) is 11.2 Å². The van der Waals surface area contributed by atoms with Crippen LogP contribution in [0.4, 0.5) is 0 Å². The molecule has 0 aliphatic carbocycles. The molecule has 0 amide bonds. The number of aromatic amines is 2. The van der Waals surface area contributed by atoms with Gasteiger partial charge >= 0.3 is 0 Å². The molecular weight excluding hydrogens is 613 g/mol. The molecule has 5 aromatic rings. The van der Waals surface area contributed by atoms with Gasteiger partial charge in [0, 0.05) is 32.9 Å². The number of para-hydroxylation sites is 1. The maximum atomic E-state index is 10.4. The number of phenols is 1. The molecule has 50 heavy (non-hydrogen) atoms. The lowest BCUT2D eigenvalue weighted by Crippen LogP contribution is -2.24. The largest absolute Gasteiger partial charge is 0.508 e. The minimum absolute atomic E-state index is 0.263. The Hall–Kier alpha value is -4.64. The summed E-state index contributed by atoms with van der Waals surface area (Å²) in [5.41, 5.74) is 20.2. The van der Waals surface area contributed by atoms with Gasteiger partial charge in [0.1, 0.15) is 5.75 Å². The van der Waals surface area contributed by atoms with Crippen molar-refractivity contribution in [3.05, 3.63) is 99.5 Å². The van der Waals surface area contributed by atoms with Crippen LogP contribution in [0.1, 0.15) is 126 Å². The molecule has 8 bridgehead atoms. The second-order valence-corrected chi connectivity index (χ2v) is 13.9. The summed E-state index contributed by atoms with van der Waals surface area (Å²) in [6.07, 6.45) is 7.37. The van der Waals surface area contributed by atoms with Gasteiger partial charge in [-0.05, 0) is 120 Å². The van der Waals surface area contributed by atoms with Crippen LogP contribution in [0.2, 0.25) is 0 Å². The van der Waals surface area contributed by atoms with E-state index in [1.165, 1.54) is 44.5 Å². The van der Waals surface area contributed by atoms with Crippen LogP contribution in [0, 0.1) is 0 Å². The van der Waals surface area contributed by atoms with Crippen molar-refractivity contribution in [3.63, 3.8) is 0 Å². The van der Waals surface area contributed by atoms with Gasteiger partial charge in [-0.1, -0.05) is 85.7 Å². The lowest BCUT2D eigenvalue weighted by atomic mass is 9.72. The zero-order valence-corrected chi connectivity index (χ0v) is 31.2. The first-order valence-corrected chi connectivity index (χ1v) is 19.1. The number of allylic oxidation sites excluding steroid dienone is 2. The Morgan fingerprint density at radius 3 is 1.82 bits per heavy atom. The molecule has 3 aromatic heterocycles. The SMILES string of the molecule is CCC1=C(CC)c2nc1cc1[nH]c(cc3[nH]c(c(CC)c3CC)c(-c3ccc(O)cc3)c3nc4c(cccc24)C3(CC)CC)c(CC)c1CC. The molecule has 5 heteroatoms. The first kappa shape index (κ1) is 33.8. The summed E-state index contributed by atoms with van der Waals surface area (Å²) >= 11 is 0. The molecule has 258 valence electrons. The van der Waals surface area contributed by atoms with Crippen molar-refractivity contribution in [1.82, 2.24) is 19.9 Å². The quantitative estimate of drug-likeness (QED) is 0.147. The maximum Gasteiger partial charge on any atom is 0.115 e. The van der Waals surface area contributed by atoms with Gasteiger partial charge in [0.2, 0.25) is 0 Å². The van der Waals surface area contributed by atoms with E-state index in [0.717, 1.165) is 107 Å². The number of fused-ring (bicyclic) bond motifs is 8. The Morgan fingerprint density at radius 2 is 1.22 bits per heavy atom. The zero-order valence-electron chi connectivity index (χ0n) is 31.2. The van der Waals surface area contributed by atoms with Crippen LogP contribution in [0.3, 0.4) is 0 Å². The number of rotatable bonds is 9. The highest BCUT2D eigenvalue weighted by Crippen LogP contribution is 2.50. The molecule has 0 atom stereocenters. The molecule has 7 rings (SSSR count). The number of aromatic hydroxyl groups is 1. The van der Waals surface area contributed by atoms with Crippen molar-refractivity contribution >= 4 is 44.1 Å². The normalized spacial score (nSPS) is 14.0. The van der Waals surface area contributed by atoms with Crippen molar-refractivity contribution in [2.75, 3.05) is 0 Å². The highest BCUT2D eigenvalue weighted by molar-refractivity contribution is 6.03. The van der Waals surface area contributed by atoms with E-state index in [1.807, 2.05) is 12.1 Å². The summed E-state index contributed by atoms with van der Waals surface area (Å²) in [6, 6.07) is 19.2. The Kier molecular flexibility index (Phi) is 8.96. The summed E-state index contributed by atoms with van der Waals surface area (Å²) < 4.78 is 0. The van der Waals surface area contributed by atoms with Crippen molar-refractivity contribution in [3.8, 4) is 16.9 Å². The molecule has 2 aliphatic heterocycles. The standard InChI is InChI=1S/C45H52N4O/c1-9-28-29(10-2)37-25-39-31(12-4)33(14-6)43(48-39)40(26-20-22-27(50)23-21-26)44-45(15-7,16-8)35-19-17-18-34(42(35)49-44)41-32(13-5)30(11-3)38(47-41)24-36(28)46-37/h17-25,46,48,50H,9-16H2,1-8H3. The maximum absolute atomic E-state index is 10.4. The van der Waals surface area contributed by atoms with Gasteiger partial charge < -0.3 is 15.1 Å². The third-order valence-electron chi connectivity index (χ3n) is 11.8. The molecule has 0 saturated heterocycles. The smallest absolute Gasteiger partial charge is 0.115 e. The Bertz CT molecular complexity index is 2310. The number of nitrogens with one attached hydrogen (secondary N) is 2. The van der Waals surface area contributed by atoms with Crippen LogP contribution in [-0.2, 0) is 31.1 Å². The fourth-order valence-corrected chi connectivity index (χ4v) is 9.23. The zero-order chi connectivity index (χ0) is 35.3. The van der Waals surface area contributed by atoms with Crippen molar-refractivity contribution < 1.29 is 5.11 Å². The molecular formula is C45H52N4O. The predicted octanol–water partition coefficient (Wildman–Crippen LogP) is 11.9. The number of phenolic OH excluding ortho intramolecular Hbond substituents is 1. The van der Waals surface area contributed by atoms with E-state index < -0.39 is 0 Å². The molecule has 0 radical (unpaired) electrons. The molecule has 0 fully saturated rings. The average molecular weight is 665 g/mol. The lowest BCUT2D eigenvalue weighted by molar-refractivity contribution is 0.475. The van der Waals surface area contributed by atoms with Crippen LogP contribution in [0.5, 0.6) is 5.75 Å². The summed E-state index contributed by atoms with van der Waals surface area (Å²) in [5.74, 6) is 0.263. The molecule has 0 spiro atoms. The van der Waals surface area contributed by atoms with E-state index in [2.05, 4.69) is 108 Å². The van der Waals surface area contributed by atoms with Crippen LogP contribution in [-0.4, -0.2) is 25.0 Å². The molecule has 3 N–H and O–H groups in total. The first-order chi connectivity index (χ1) is 24.3. The molecule has 0 saturated carbocycles. The Balaban J connectivity index is 1.83. The van der Waals surface area contributed by atoms with Gasteiger partial charge in [0.25, 0.3) is 0 Å². The van der Waals surface area contributed by atoms with E-state index in [1.54, 1.807) is 0 Å². The molecule has 0 unspecified atom stereocenters. The topological polar surface area (TPSA) is 77.6 Å². The van der Waals surface area contributed by atoms with Crippen molar-refractivity contribution in [2.45, 2.75) is 112 Å². The summed E-state index contributed by atoms with van der Waals surface area (Å²) in [5, 5.41) is 11.6. The monoisotopic (exact) mass is 664 g/mol. The second kappa shape index (κ2) is 13.2. The fraction of sp³-hybridized carbons (Fsp3) is 0.378. The van der Waals surface area contributed by atoms with Crippen LogP contribution in [0.25, 0.3) is 55.2 Å². The number of hydrogen-bond acceptors (Lipinski definition) is 3. The minimum Gasteiger partial charge on any atom is -0.508 e. The Labute approximate surface area is 297 Å². The Morgan fingerprint density at radius 1 is 0.620 bits per heavy atom. The number of H-pyrrole nitrogens is 2. The van der Waals surface area contributed by atoms with Crippen molar-refractivity contribution in [1.29, 1.82) is 0 Å². The fourth-order valence-electron chi connectivity index (χ4n) is 9.23. The minimum atomic E-state index is -0.292. The highest BCUT2D eigenvalue weighted by atomic mass is 16.3.